The fourth-order valence-electron chi connectivity index (χ4n) is 2.05. The molecule has 0 spiro atoms. The van der Waals surface area contributed by atoms with Gasteiger partial charge in [-0.15, -0.1) is 13.2 Å². The minimum atomic E-state index is -4.80. The lowest BCUT2D eigenvalue weighted by Crippen LogP contribution is -2.22. The number of carbonyl (C=O) groups is 1. The number of hydrogen-bond donors (Lipinski definition) is 2. The Bertz CT molecular complexity index is 844. The van der Waals surface area contributed by atoms with E-state index in [4.69, 9.17) is 5.21 Å². The summed E-state index contributed by atoms with van der Waals surface area (Å²) >= 11 is 0. The van der Waals surface area contributed by atoms with E-state index in [0.717, 1.165) is 12.1 Å². The highest BCUT2D eigenvalue weighted by atomic mass is 19.4. The molecule has 0 bridgehead atoms. The highest BCUT2D eigenvalue weighted by Gasteiger charge is 2.31. The zero-order valence-corrected chi connectivity index (χ0v) is 12.7. The number of alkyl halides is 3. The molecule has 0 atom stereocenters. The number of amides is 1. The van der Waals surface area contributed by atoms with Gasteiger partial charge in [-0.05, 0) is 35.9 Å². The second-order valence-corrected chi connectivity index (χ2v) is 4.90. The van der Waals surface area contributed by atoms with Crippen LogP contribution in [0.25, 0.3) is 6.08 Å². The van der Waals surface area contributed by atoms with Crippen LogP contribution in [-0.4, -0.2) is 22.0 Å². The molecule has 0 aliphatic rings. The number of aromatic nitrogens is 1. The molecular weight excluding hydrogens is 341 g/mol. The lowest BCUT2D eigenvalue weighted by molar-refractivity contribution is -0.274. The predicted octanol–water partition coefficient (Wildman–Crippen LogP) is 2.31. The van der Waals surface area contributed by atoms with Crippen LogP contribution in [0, 0.1) is 0 Å². The first kappa shape index (κ1) is 18.3. The maximum Gasteiger partial charge on any atom is 0.573 e. The van der Waals surface area contributed by atoms with E-state index in [2.05, 4.69) is 4.74 Å². The summed E-state index contributed by atoms with van der Waals surface area (Å²) in [4.78, 5) is 23.3. The van der Waals surface area contributed by atoms with Crippen molar-refractivity contribution < 1.29 is 27.9 Å². The third kappa shape index (κ3) is 5.50. The average molecular weight is 354 g/mol. The molecule has 2 aromatic rings. The Kier molecular flexibility index (Phi) is 5.60. The average Bonchev–Trinajstić information content (AvgIpc) is 2.54. The lowest BCUT2D eigenvalue weighted by atomic mass is 10.2. The zero-order chi connectivity index (χ0) is 18.4. The number of ether oxygens (including phenoxy) is 1. The van der Waals surface area contributed by atoms with Crippen molar-refractivity contribution in [1.82, 2.24) is 10.0 Å². The van der Waals surface area contributed by atoms with Crippen LogP contribution < -0.4 is 15.8 Å². The lowest BCUT2D eigenvalue weighted by Gasteiger charge is -2.11. The number of rotatable bonds is 5. The highest BCUT2D eigenvalue weighted by molar-refractivity contribution is 5.90. The molecule has 1 heterocycles. The molecular formula is C16H13F3N2O4. The minimum Gasteiger partial charge on any atom is -0.406 e. The summed E-state index contributed by atoms with van der Waals surface area (Å²) in [6.07, 6.45) is -1.15. The van der Waals surface area contributed by atoms with Crippen LogP contribution in [0.5, 0.6) is 5.75 Å². The molecule has 132 valence electrons. The number of carbonyl (C=O) groups excluding carboxylic acids is 1. The molecule has 0 saturated carbocycles. The highest BCUT2D eigenvalue weighted by Crippen LogP contribution is 2.23. The van der Waals surface area contributed by atoms with Crippen molar-refractivity contribution in [2.24, 2.45) is 0 Å². The monoisotopic (exact) mass is 354 g/mol. The normalized spacial score (nSPS) is 11.5. The van der Waals surface area contributed by atoms with Crippen LogP contribution in [0.15, 0.2) is 53.5 Å². The molecule has 0 fully saturated rings. The van der Waals surface area contributed by atoms with Gasteiger partial charge in [0.1, 0.15) is 5.75 Å². The van der Waals surface area contributed by atoms with E-state index in [9.17, 15) is 22.8 Å². The van der Waals surface area contributed by atoms with Crippen LogP contribution in [0.2, 0.25) is 0 Å². The van der Waals surface area contributed by atoms with Crippen LogP contribution in [-0.2, 0) is 11.3 Å². The Hall–Kier alpha value is -3.07. The summed E-state index contributed by atoms with van der Waals surface area (Å²) in [5.41, 5.74) is 1.54. The second-order valence-electron chi connectivity index (χ2n) is 4.90. The fraction of sp³-hybridized carbons (Fsp3) is 0.125. The predicted molar refractivity (Wildman–Crippen MR) is 81.9 cm³/mol. The van der Waals surface area contributed by atoms with E-state index in [1.54, 1.807) is 12.1 Å². The first-order chi connectivity index (χ1) is 11.8. The van der Waals surface area contributed by atoms with E-state index in [1.807, 2.05) is 0 Å². The summed E-state index contributed by atoms with van der Waals surface area (Å²) in [5, 5.41) is 8.41. The third-order valence-electron chi connectivity index (χ3n) is 3.06. The molecule has 1 amide bonds. The number of hydrogen-bond acceptors (Lipinski definition) is 4. The molecule has 0 unspecified atom stereocenters. The van der Waals surface area contributed by atoms with Gasteiger partial charge in [0.25, 0.3) is 11.5 Å². The molecule has 1 aromatic heterocycles. The van der Waals surface area contributed by atoms with Crippen LogP contribution in [0.3, 0.4) is 0 Å². The van der Waals surface area contributed by atoms with E-state index in [0.29, 0.717) is 5.56 Å². The molecule has 6 nitrogen and oxygen atoms in total. The Morgan fingerprint density at radius 3 is 2.72 bits per heavy atom. The molecule has 0 aliphatic heterocycles. The molecule has 2 rings (SSSR count). The van der Waals surface area contributed by atoms with Crippen molar-refractivity contribution in [3.63, 3.8) is 0 Å². The van der Waals surface area contributed by atoms with Gasteiger partial charge < -0.3 is 9.30 Å². The quantitative estimate of drug-likeness (QED) is 0.491. The van der Waals surface area contributed by atoms with Crippen molar-refractivity contribution in [2.45, 2.75) is 12.9 Å². The van der Waals surface area contributed by atoms with Crippen molar-refractivity contribution in [3.8, 4) is 5.75 Å². The summed E-state index contributed by atoms with van der Waals surface area (Å²) in [7, 11) is 0. The first-order valence-corrected chi connectivity index (χ1v) is 6.95. The van der Waals surface area contributed by atoms with E-state index >= 15 is 0 Å². The molecule has 0 aliphatic carbocycles. The molecule has 25 heavy (non-hydrogen) atoms. The zero-order valence-electron chi connectivity index (χ0n) is 12.7. The standard InChI is InChI=1S/C16H13F3N2O4/c17-16(18,19)25-13-5-1-3-11(9-13)10-21-8-2-4-12(15(21)23)6-7-14(22)20-24/h1-9,24H,10H2,(H,20,22)/b7-6+. The maximum atomic E-state index is 12.3. The van der Waals surface area contributed by atoms with E-state index < -0.39 is 17.8 Å². The van der Waals surface area contributed by atoms with Crippen molar-refractivity contribution in [1.29, 1.82) is 0 Å². The Morgan fingerprint density at radius 2 is 2.04 bits per heavy atom. The fourth-order valence-corrected chi connectivity index (χ4v) is 2.05. The topological polar surface area (TPSA) is 80.6 Å². The van der Waals surface area contributed by atoms with Crippen LogP contribution >= 0.6 is 0 Å². The molecule has 2 N–H and O–H groups in total. The number of nitrogens with one attached hydrogen (secondary N) is 1. The van der Waals surface area contributed by atoms with Crippen LogP contribution in [0.4, 0.5) is 13.2 Å². The SMILES string of the molecule is O=C(/C=C/c1cccn(Cc2cccc(OC(F)(F)F)c2)c1=O)NO. The summed E-state index contributed by atoms with van der Waals surface area (Å²) in [5.74, 6) is -1.18. The molecule has 0 radical (unpaired) electrons. The summed E-state index contributed by atoms with van der Waals surface area (Å²) < 4.78 is 41.9. The van der Waals surface area contributed by atoms with E-state index in [-0.39, 0.29) is 17.9 Å². The number of halogens is 3. The third-order valence-corrected chi connectivity index (χ3v) is 3.06. The van der Waals surface area contributed by atoms with Gasteiger partial charge in [-0.1, -0.05) is 12.1 Å². The van der Waals surface area contributed by atoms with Gasteiger partial charge in [0.2, 0.25) is 0 Å². The summed E-state index contributed by atoms with van der Waals surface area (Å²) in [6, 6.07) is 8.29. The Labute approximate surface area is 139 Å². The van der Waals surface area contributed by atoms with Gasteiger partial charge in [-0.3, -0.25) is 14.8 Å². The van der Waals surface area contributed by atoms with Crippen LogP contribution in [0.1, 0.15) is 11.1 Å². The van der Waals surface area contributed by atoms with Gasteiger partial charge in [0.05, 0.1) is 6.54 Å². The van der Waals surface area contributed by atoms with Gasteiger partial charge in [-0.25, -0.2) is 5.48 Å². The number of nitrogens with zero attached hydrogens (tertiary/aromatic N) is 1. The Balaban J connectivity index is 2.24. The minimum absolute atomic E-state index is 0.0156. The second kappa shape index (κ2) is 7.67. The molecule has 0 saturated heterocycles. The first-order valence-electron chi connectivity index (χ1n) is 6.95. The van der Waals surface area contributed by atoms with Gasteiger partial charge in [-0.2, -0.15) is 0 Å². The van der Waals surface area contributed by atoms with E-state index in [1.165, 1.54) is 40.5 Å². The van der Waals surface area contributed by atoms with Crippen molar-refractivity contribution in [3.05, 3.63) is 70.2 Å². The van der Waals surface area contributed by atoms with Gasteiger partial charge in [0.15, 0.2) is 0 Å². The molecule has 9 heteroatoms. The number of pyridine rings is 1. The van der Waals surface area contributed by atoms with Gasteiger partial charge >= 0.3 is 6.36 Å². The van der Waals surface area contributed by atoms with Gasteiger partial charge in [0, 0.05) is 17.8 Å². The van der Waals surface area contributed by atoms with Crippen molar-refractivity contribution >= 4 is 12.0 Å². The largest absolute Gasteiger partial charge is 0.573 e. The molecule has 1 aromatic carbocycles. The Morgan fingerprint density at radius 1 is 1.28 bits per heavy atom. The van der Waals surface area contributed by atoms with Crippen molar-refractivity contribution in [2.75, 3.05) is 0 Å². The smallest absolute Gasteiger partial charge is 0.406 e. The maximum absolute atomic E-state index is 12.3. The number of benzene rings is 1. The summed E-state index contributed by atoms with van der Waals surface area (Å²) in [6.45, 7) is 0.0156. The number of hydroxylamine groups is 1.